The third-order valence-electron chi connectivity index (χ3n) is 3.90. The zero-order valence-electron chi connectivity index (χ0n) is 10.4. The van der Waals surface area contributed by atoms with E-state index in [0.717, 1.165) is 35.5 Å². The maximum Gasteiger partial charge on any atom is 0.334 e. The first-order chi connectivity index (χ1) is 9.20. The maximum absolute atomic E-state index is 12.0. The molecule has 1 fully saturated rings. The number of aliphatic carboxylic acids is 1. The quantitative estimate of drug-likeness (QED) is 0.856. The average molecular weight is 277 g/mol. The van der Waals surface area contributed by atoms with Crippen LogP contribution in [-0.4, -0.2) is 34.2 Å². The second-order valence-electron chi connectivity index (χ2n) is 5.00. The standard InChI is InChI=1S/C14H15NO3S/c16-9-15(10-5-6-10)14(13(17)18)7-8-19-12-4-2-1-3-11(12)14/h1-4,9-10H,5-8H2,(H,17,18). The summed E-state index contributed by atoms with van der Waals surface area (Å²) in [7, 11) is 0. The summed E-state index contributed by atoms with van der Waals surface area (Å²) in [5, 5.41) is 9.80. The first kappa shape index (κ1) is 12.5. The van der Waals surface area contributed by atoms with Crippen LogP contribution in [0.5, 0.6) is 0 Å². The Morgan fingerprint density at radius 2 is 2.16 bits per heavy atom. The van der Waals surface area contributed by atoms with Crippen molar-refractivity contribution in [3.63, 3.8) is 0 Å². The molecular formula is C14H15NO3S. The van der Waals surface area contributed by atoms with Crippen molar-refractivity contribution in [2.24, 2.45) is 0 Å². The normalized spacial score (nSPS) is 25.5. The van der Waals surface area contributed by atoms with Gasteiger partial charge in [-0.25, -0.2) is 4.79 Å². The Kier molecular flexibility index (Phi) is 3.01. The van der Waals surface area contributed by atoms with Gasteiger partial charge in [-0.3, -0.25) is 4.79 Å². The molecule has 1 aromatic rings. The highest BCUT2D eigenvalue weighted by Gasteiger charge is 2.52. The molecule has 0 bridgehead atoms. The van der Waals surface area contributed by atoms with Gasteiger partial charge in [0.2, 0.25) is 6.41 Å². The van der Waals surface area contributed by atoms with Gasteiger partial charge < -0.3 is 10.0 Å². The van der Waals surface area contributed by atoms with E-state index in [1.807, 2.05) is 24.3 Å². The van der Waals surface area contributed by atoms with Crippen LogP contribution in [0.3, 0.4) is 0 Å². The largest absolute Gasteiger partial charge is 0.479 e. The first-order valence-corrected chi connectivity index (χ1v) is 7.38. The van der Waals surface area contributed by atoms with E-state index in [9.17, 15) is 14.7 Å². The lowest BCUT2D eigenvalue weighted by Gasteiger charge is -2.42. The van der Waals surface area contributed by atoms with Crippen LogP contribution in [-0.2, 0) is 15.1 Å². The van der Waals surface area contributed by atoms with Crippen LogP contribution in [0, 0.1) is 0 Å². The molecule has 19 heavy (non-hydrogen) atoms. The van der Waals surface area contributed by atoms with Crippen molar-refractivity contribution in [3.05, 3.63) is 29.8 Å². The molecule has 1 atom stereocenters. The van der Waals surface area contributed by atoms with Crippen molar-refractivity contribution in [3.8, 4) is 0 Å². The van der Waals surface area contributed by atoms with Crippen LogP contribution < -0.4 is 0 Å². The maximum atomic E-state index is 12.0. The minimum Gasteiger partial charge on any atom is -0.479 e. The van der Waals surface area contributed by atoms with E-state index in [4.69, 9.17) is 0 Å². The summed E-state index contributed by atoms with van der Waals surface area (Å²) in [5.41, 5.74) is -0.414. The number of carbonyl (C=O) groups excluding carboxylic acids is 1. The summed E-state index contributed by atoms with van der Waals surface area (Å²) >= 11 is 1.66. The number of carboxylic acids is 1. The summed E-state index contributed by atoms with van der Waals surface area (Å²) in [6.07, 6.45) is 3.00. The molecule has 1 amide bonds. The number of amides is 1. The number of carboxylic acid groups (broad SMARTS) is 1. The summed E-state index contributed by atoms with van der Waals surface area (Å²) in [4.78, 5) is 25.9. The van der Waals surface area contributed by atoms with Gasteiger partial charge in [0, 0.05) is 22.3 Å². The molecule has 0 radical (unpaired) electrons. The van der Waals surface area contributed by atoms with E-state index in [0.29, 0.717) is 6.42 Å². The molecule has 0 aromatic heterocycles. The number of benzene rings is 1. The molecule has 1 N–H and O–H groups in total. The van der Waals surface area contributed by atoms with E-state index in [1.54, 1.807) is 11.8 Å². The van der Waals surface area contributed by atoms with Gasteiger partial charge in [-0.2, -0.15) is 0 Å². The second kappa shape index (κ2) is 4.56. The number of rotatable bonds is 4. The van der Waals surface area contributed by atoms with Crippen LogP contribution >= 0.6 is 11.8 Å². The van der Waals surface area contributed by atoms with Crippen molar-refractivity contribution in [1.82, 2.24) is 4.90 Å². The molecule has 1 unspecified atom stereocenters. The third kappa shape index (κ3) is 1.84. The van der Waals surface area contributed by atoms with E-state index in [2.05, 4.69) is 0 Å². The van der Waals surface area contributed by atoms with Crippen LogP contribution in [0.1, 0.15) is 24.8 Å². The Morgan fingerprint density at radius 3 is 2.79 bits per heavy atom. The second-order valence-corrected chi connectivity index (χ2v) is 6.14. The Hall–Kier alpha value is -1.49. The van der Waals surface area contributed by atoms with Crippen LogP contribution in [0.2, 0.25) is 0 Å². The summed E-state index contributed by atoms with van der Waals surface area (Å²) in [6.45, 7) is 0. The SMILES string of the molecule is O=CN(C1CC1)C1(C(=O)O)CCSc2ccccc21. The first-order valence-electron chi connectivity index (χ1n) is 6.39. The molecule has 1 heterocycles. The Bertz CT molecular complexity index is 529. The Labute approximate surface area is 115 Å². The van der Waals surface area contributed by atoms with Crippen LogP contribution in [0.15, 0.2) is 29.2 Å². The van der Waals surface area contributed by atoms with Crippen molar-refractivity contribution in [2.75, 3.05) is 5.75 Å². The van der Waals surface area contributed by atoms with Gasteiger partial charge in [0.05, 0.1) is 0 Å². The van der Waals surface area contributed by atoms with E-state index in [1.165, 1.54) is 4.90 Å². The van der Waals surface area contributed by atoms with Crippen molar-refractivity contribution in [1.29, 1.82) is 0 Å². The Balaban J connectivity index is 2.16. The number of nitrogens with zero attached hydrogens (tertiary/aromatic N) is 1. The molecule has 1 aliphatic heterocycles. The van der Waals surface area contributed by atoms with Gasteiger partial charge in [-0.15, -0.1) is 11.8 Å². The minimum absolute atomic E-state index is 0.0877. The molecule has 0 spiro atoms. The lowest BCUT2D eigenvalue weighted by molar-refractivity contribution is -0.157. The fraction of sp³-hybridized carbons (Fsp3) is 0.429. The van der Waals surface area contributed by atoms with Crippen molar-refractivity contribution in [2.45, 2.75) is 35.7 Å². The molecule has 0 saturated heterocycles. The monoisotopic (exact) mass is 277 g/mol. The molecule has 2 aliphatic rings. The molecular weight excluding hydrogens is 262 g/mol. The number of fused-ring (bicyclic) bond motifs is 1. The zero-order chi connectivity index (χ0) is 13.5. The van der Waals surface area contributed by atoms with Gasteiger partial charge in [-0.05, 0) is 25.3 Å². The molecule has 100 valence electrons. The molecule has 1 aliphatic carbocycles. The number of thioether (sulfide) groups is 1. The van der Waals surface area contributed by atoms with E-state index >= 15 is 0 Å². The predicted molar refractivity (Wildman–Crippen MR) is 72.0 cm³/mol. The predicted octanol–water partition coefficient (Wildman–Crippen LogP) is 2.08. The average Bonchev–Trinajstić information content (AvgIpc) is 3.24. The van der Waals surface area contributed by atoms with Crippen molar-refractivity contribution >= 4 is 24.1 Å². The van der Waals surface area contributed by atoms with Gasteiger partial charge in [-0.1, -0.05) is 18.2 Å². The number of carbonyl (C=O) groups is 2. The van der Waals surface area contributed by atoms with Gasteiger partial charge in [0.25, 0.3) is 0 Å². The lowest BCUT2D eigenvalue weighted by Crippen LogP contribution is -2.54. The van der Waals surface area contributed by atoms with Gasteiger partial charge >= 0.3 is 5.97 Å². The smallest absolute Gasteiger partial charge is 0.334 e. The molecule has 4 nitrogen and oxygen atoms in total. The highest BCUT2D eigenvalue weighted by molar-refractivity contribution is 7.99. The summed E-state index contributed by atoms with van der Waals surface area (Å²) < 4.78 is 0. The van der Waals surface area contributed by atoms with E-state index in [-0.39, 0.29) is 6.04 Å². The molecule has 3 rings (SSSR count). The highest BCUT2D eigenvalue weighted by Crippen LogP contribution is 2.47. The fourth-order valence-electron chi connectivity index (χ4n) is 2.82. The van der Waals surface area contributed by atoms with Gasteiger partial charge in [0.1, 0.15) is 0 Å². The number of hydrogen-bond acceptors (Lipinski definition) is 3. The summed E-state index contributed by atoms with van der Waals surface area (Å²) in [5.74, 6) is -0.195. The molecule has 1 saturated carbocycles. The minimum atomic E-state index is -1.18. The molecule has 5 heteroatoms. The lowest BCUT2D eigenvalue weighted by atomic mass is 9.84. The van der Waals surface area contributed by atoms with Crippen LogP contribution in [0.4, 0.5) is 0 Å². The van der Waals surface area contributed by atoms with Crippen molar-refractivity contribution < 1.29 is 14.7 Å². The molecule has 1 aromatic carbocycles. The van der Waals surface area contributed by atoms with E-state index < -0.39 is 11.5 Å². The highest BCUT2D eigenvalue weighted by atomic mass is 32.2. The Morgan fingerprint density at radius 1 is 1.42 bits per heavy atom. The van der Waals surface area contributed by atoms with Gasteiger partial charge in [0.15, 0.2) is 5.54 Å². The topological polar surface area (TPSA) is 57.6 Å². The zero-order valence-corrected chi connectivity index (χ0v) is 11.2. The fourth-order valence-corrected chi connectivity index (χ4v) is 4.00. The summed E-state index contributed by atoms with van der Waals surface area (Å²) in [6, 6.07) is 7.62. The van der Waals surface area contributed by atoms with Crippen LogP contribution in [0.25, 0.3) is 0 Å². The number of hydrogen-bond donors (Lipinski definition) is 1. The third-order valence-corrected chi connectivity index (χ3v) is 4.98.